The molecule has 0 aliphatic carbocycles. The summed E-state index contributed by atoms with van der Waals surface area (Å²) >= 11 is 0. The van der Waals surface area contributed by atoms with Crippen molar-refractivity contribution in [2.24, 2.45) is 7.05 Å². The van der Waals surface area contributed by atoms with Crippen molar-refractivity contribution >= 4 is 21.6 Å². The Morgan fingerprint density at radius 1 is 1.06 bits per heavy atom. The molecular weight excluding hydrogens is 467 g/mol. The van der Waals surface area contributed by atoms with E-state index in [1.807, 2.05) is 6.07 Å². The summed E-state index contributed by atoms with van der Waals surface area (Å²) in [6.45, 7) is 1.98. The SMILES string of the molecule is CCN(c1ccccc1)S(=O)(=O)c1cccc(C(=O)NC(c2ccc(F)cc2)c2nccn2C)c1. The molecule has 1 amide bonds. The lowest BCUT2D eigenvalue weighted by Crippen LogP contribution is -2.32. The molecule has 0 fully saturated rings. The summed E-state index contributed by atoms with van der Waals surface area (Å²) in [5.74, 6) is -0.326. The molecule has 0 saturated heterocycles. The molecule has 1 unspecified atom stereocenters. The number of amides is 1. The highest BCUT2D eigenvalue weighted by atomic mass is 32.2. The number of benzene rings is 3. The van der Waals surface area contributed by atoms with Crippen molar-refractivity contribution in [3.63, 3.8) is 0 Å². The van der Waals surface area contributed by atoms with Gasteiger partial charge in [-0.1, -0.05) is 36.4 Å². The number of sulfonamides is 1. The van der Waals surface area contributed by atoms with Crippen molar-refractivity contribution < 1.29 is 17.6 Å². The Morgan fingerprint density at radius 3 is 2.40 bits per heavy atom. The van der Waals surface area contributed by atoms with E-state index in [1.165, 1.54) is 34.6 Å². The molecule has 0 radical (unpaired) electrons. The number of rotatable bonds is 8. The topological polar surface area (TPSA) is 84.3 Å². The van der Waals surface area contributed by atoms with E-state index in [4.69, 9.17) is 0 Å². The maximum atomic E-state index is 13.5. The Labute approximate surface area is 203 Å². The molecule has 1 N–H and O–H groups in total. The number of carbonyl (C=O) groups is 1. The molecule has 0 aliphatic rings. The summed E-state index contributed by atoms with van der Waals surface area (Å²) in [5, 5.41) is 2.91. The first-order valence-electron chi connectivity index (χ1n) is 11.0. The largest absolute Gasteiger partial charge is 0.338 e. The van der Waals surface area contributed by atoms with Gasteiger partial charge in [0.2, 0.25) is 0 Å². The van der Waals surface area contributed by atoms with Gasteiger partial charge in [0.15, 0.2) is 0 Å². The summed E-state index contributed by atoms with van der Waals surface area (Å²) in [7, 11) is -2.11. The van der Waals surface area contributed by atoms with Crippen LogP contribution >= 0.6 is 0 Å². The number of imidazole rings is 1. The van der Waals surface area contributed by atoms with Gasteiger partial charge in [0.1, 0.15) is 17.7 Å². The number of carbonyl (C=O) groups excluding carboxylic acids is 1. The first-order valence-corrected chi connectivity index (χ1v) is 12.5. The third kappa shape index (κ3) is 5.09. The second-order valence-electron chi connectivity index (χ2n) is 7.89. The molecule has 1 heterocycles. The van der Waals surface area contributed by atoms with Crippen molar-refractivity contribution in [3.8, 4) is 0 Å². The van der Waals surface area contributed by atoms with Gasteiger partial charge in [-0.2, -0.15) is 0 Å². The van der Waals surface area contributed by atoms with Gasteiger partial charge < -0.3 is 9.88 Å². The monoisotopic (exact) mass is 492 g/mol. The Balaban J connectivity index is 1.66. The summed E-state index contributed by atoms with van der Waals surface area (Å²) in [4.78, 5) is 17.6. The number of hydrogen-bond acceptors (Lipinski definition) is 4. The first kappa shape index (κ1) is 24.2. The minimum atomic E-state index is -3.90. The highest BCUT2D eigenvalue weighted by molar-refractivity contribution is 7.92. The Morgan fingerprint density at radius 2 is 1.77 bits per heavy atom. The van der Waals surface area contributed by atoms with Crippen molar-refractivity contribution in [1.82, 2.24) is 14.9 Å². The molecule has 0 saturated carbocycles. The Bertz CT molecular complexity index is 1420. The van der Waals surface area contributed by atoms with E-state index < -0.39 is 27.8 Å². The van der Waals surface area contributed by atoms with E-state index in [0.717, 1.165) is 0 Å². The van der Waals surface area contributed by atoms with Gasteiger partial charge in [-0.25, -0.2) is 17.8 Å². The molecule has 1 atom stereocenters. The number of nitrogens with zero attached hydrogens (tertiary/aromatic N) is 3. The molecule has 3 aromatic carbocycles. The maximum absolute atomic E-state index is 13.5. The third-order valence-corrected chi connectivity index (χ3v) is 7.51. The van der Waals surface area contributed by atoms with Gasteiger partial charge in [0.25, 0.3) is 15.9 Å². The predicted octanol–water partition coefficient (Wildman–Crippen LogP) is 4.29. The zero-order valence-corrected chi connectivity index (χ0v) is 20.1. The molecule has 9 heteroatoms. The van der Waals surface area contributed by atoms with Crippen molar-refractivity contribution in [1.29, 1.82) is 0 Å². The van der Waals surface area contributed by atoms with Crippen molar-refractivity contribution in [3.05, 3.63) is 114 Å². The lowest BCUT2D eigenvalue weighted by atomic mass is 10.1. The Hall–Kier alpha value is -3.98. The number of para-hydroxylation sites is 1. The van der Waals surface area contributed by atoms with E-state index in [9.17, 15) is 17.6 Å². The summed E-state index contributed by atoms with van der Waals surface area (Å²) in [5.41, 5.74) is 1.35. The average molecular weight is 493 g/mol. The van der Waals surface area contributed by atoms with E-state index in [2.05, 4.69) is 10.3 Å². The molecule has 7 nitrogen and oxygen atoms in total. The van der Waals surface area contributed by atoms with Crippen LogP contribution in [0.4, 0.5) is 10.1 Å². The van der Waals surface area contributed by atoms with Gasteiger partial charge in [0.05, 0.1) is 10.6 Å². The standard InChI is InChI=1S/C26H25FN4O3S/c1-3-31(22-9-5-4-6-10-22)35(33,34)23-11-7-8-20(18-23)26(32)29-24(25-28-16-17-30(25)2)19-12-14-21(27)15-13-19/h4-18,24H,3H2,1-2H3,(H,29,32). The van der Waals surface area contributed by atoms with Gasteiger partial charge >= 0.3 is 0 Å². The predicted molar refractivity (Wildman–Crippen MR) is 132 cm³/mol. The zero-order chi connectivity index (χ0) is 25.0. The highest BCUT2D eigenvalue weighted by Gasteiger charge is 2.26. The average Bonchev–Trinajstić information content (AvgIpc) is 3.29. The summed E-state index contributed by atoms with van der Waals surface area (Å²) in [6, 6.07) is 19.8. The molecule has 4 aromatic rings. The van der Waals surface area contributed by atoms with Crippen LogP contribution in [-0.4, -0.2) is 30.4 Å². The summed E-state index contributed by atoms with van der Waals surface area (Å²) in [6.07, 6.45) is 3.35. The van der Waals surface area contributed by atoms with Crippen molar-refractivity contribution in [2.45, 2.75) is 17.9 Å². The second-order valence-corrected chi connectivity index (χ2v) is 9.75. The molecule has 0 spiro atoms. The van der Waals surface area contributed by atoms with Crippen LogP contribution in [0.15, 0.2) is 96.2 Å². The second kappa shape index (κ2) is 10.1. The number of anilines is 1. The van der Waals surface area contributed by atoms with Gasteiger partial charge in [-0.15, -0.1) is 0 Å². The fraction of sp³-hybridized carbons (Fsp3) is 0.154. The van der Waals surface area contributed by atoms with Crippen LogP contribution < -0.4 is 9.62 Å². The van der Waals surface area contributed by atoms with E-state index in [-0.39, 0.29) is 17.0 Å². The molecule has 0 bridgehead atoms. The van der Waals surface area contributed by atoms with Crippen LogP contribution in [0.3, 0.4) is 0 Å². The normalized spacial score (nSPS) is 12.2. The third-order valence-electron chi connectivity index (χ3n) is 5.61. The van der Waals surface area contributed by atoms with Crippen LogP contribution in [0.25, 0.3) is 0 Å². The van der Waals surface area contributed by atoms with Crippen LogP contribution in [-0.2, 0) is 17.1 Å². The van der Waals surface area contributed by atoms with Gasteiger partial charge in [0, 0.05) is 31.5 Å². The number of nitrogens with one attached hydrogen (secondary N) is 1. The molecule has 35 heavy (non-hydrogen) atoms. The van der Waals surface area contributed by atoms with Crippen molar-refractivity contribution in [2.75, 3.05) is 10.8 Å². The molecule has 180 valence electrons. The lowest BCUT2D eigenvalue weighted by molar-refractivity contribution is 0.0941. The van der Waals surface area contributed by atoms with Crippen LogP contribution in [0.2, 0.25) is 0 Å². The fourth-order valence-corrected chi connectivity index (χ4v) is 5.35. The number of halogens is 1. The highest BCUT2D eigenvalue weighted by Crippen LogP contribution is 2.25. The quantitative estimate of drug-likeness (QED) is 0.398. The van der Waals surface area contributed by atoms with E-state index in [0.29, 0.717) is 17.1 Å². The van der Waals surface area contributed by atoms with E-state index in [1.54, 1.807) is 73.4 Å². The van der Waals surface area contributed by atoms with Crippen LogP contribution in [0, 0.1) is 5.82 Å². The maximum Gasteiger partial charge on any atom is 0.264 e. The molecule has 1 aromatic heterocycles. The van der Waals surface area contributed by atoms with Crippen LogP contribution in [0.5, 0.6) is 0 Å². The first-order chi connectivity index (χ1) is 16.8. The smallest absolute Gasteiger partial charge is 0.264 e. The zero-order valence-electron chi connectivity index (χ0n) is 19.3. The summed E-state index contributed by atoms with van der Waals surface area (Å²) < 4.78 is 43.3. The van der Waals surface area contributed by atoms with Crippen LogP contribution in [0.1, 0.15) is 34.7 Å². The molecular formula is C26H25FN4O3S. The minimum Gasteiger partial charge on any atom is -0.338 e. The minimum absolute atomic E-state index is 0.00572. The van der Waals surface area contributed by atoms with Gasteiger partial charge in [-0.3, -0.25) is 9.10 Å². The molecule has 4 rings (SSSR count). The van der Waals surface area contributed by atoms with E-state index >= 15 is 0 Å². The van der Waals surface area contributed by atoms with Gasteiger partial charge in [-0.05, 0) is 55.0 Å². The molecule has 0 aliphatic heterocycles. The fourth-order valence-electron chi connectivity index (χ4n) is 3.83. The number of hydrogen-bond donors (Lipinski definition) is 1. The Kier molecular flexibility index (Phi) is 6.97. The lowest BCUT2D eigenvalue weighted by Gasteiger charge is -2.23. The number of aromatic nitrogens is 2. The number of aryl methyl sites for hydroxylation is 1.